The number of hydrogen-bond acceptors (Lipinski definition) is 2. The monoisotopic (exact) mass is 172 g/mol. The van der Waals surface area contributed by atoms with Gasteiger partial charge in [-0.3, -0.25) is 4.98 Å². The molecule has 66 valence electrons. The number of anilines is 1. The third kappa shape index (κ3) is 2.18. The highest BCUT2D eigenvalue weighted by atomic mass is 14.9. The summed E-state index contributed by atoms with van der Waals surface area (Å²) in [5.74, 6) is 0. The number of hydrogen-bond donors (Lipinski definition) is 1. The molecule has 0 amide bonds. The van der Waals surface area contributed by atoms with Crippen molar-refractivity contribution in [1.29, 1.82) is 0 Å². The molecule has 1 aromatic heterocycles. The standard InChI is InChI=1S/C11H12N2/c1-2-4-10(5-3-1)13-11-6-8-12-9-7-11/h1-2,4,6-9H,3,5H2,(H,12,13). The van der Waals surface area contributed by atoms with Gasteiger partial charge in [0.25, 0.3) is 0 Å². The van der Waals surface area contributed by atoms with Crippen LogP contribution in [0.15, 0.2) is 48.5 Å². The quantitative estimate of drug-likeness (QED) is 0.742. The van der Waals surface area contributed by atoms with Crippen LogP contribution >= 0.6 is 0 Å². The second kappa shape index (κ2) is 3.90. The van der Waals surface area contributed by atoms with Gasteiger partial charge in [-0.1, -0.05) is 12.2 Å². The van der Waals surface area contributed by atoms with Gasteiger partial charge in [-0.2, -0.15) is 0 Å². The van der Waals surface area contributed by atoms with Gasteiger partial charge in [0.15, 0.2) is 0 Å². The molecule has 1 aliphatic rings. The van der Waals surface area contributed by atoms with Gasteiger partial charge in [-0.15, -0.1) is 0 Å². The number of nitrogens with one attached hydrogen (secondary N) is 1. The molecule has 2 heteroatoms. The predicted octanol–water partition coefficient (Wildman–Crippen LogP) is 2.73. The third-order valence-electron chi connectivity index (χ3n) is 2.00. The van der Waals surface area contributed by atoms with E-state index in [1.54, 1.807) is 12.4 Å². The van der Waals surface area contributed by atoms with E-state index < -0.39 is 0 Å². The highest BCUT2D eigenvalue weighted by Gasteiger charge is 1.98. The maximum Gasteiger partial charge on any atom is 0.0412 e. The molecule has 1 heterocycles. The zero-order valence-electron chi connectivity index (χ0n) is 7.40. The third-order valence-corrected chi connectivity index (χ3v) is 2.00. The van der Waals surface area contributed by atoms with E-state index in [0.717, 1.165) is 18.5 Å². The lowest BCUT2D eigenvalue weighted by Crippen LogP contribution is -2.00. The zero-order valence-corrected chi connectivity index (χ0v) is 7.40. The Morgan fingerprint density at radius 3 is 2.77 bits per heavy atom. The summed E-state index contributed by atoms with van der Waals surface area (Å²) in [6.45, 7) is 0. The normalized spacial score (nSPS) is 15.2. The highest BCUT2D eigenvalue weighted by molar-refractivity contribution is 5.47. The van der Waals surface area contributed by atoms with Crippen molar-refractivity contribution in [2.75, 3.05) is 5.32 Å². The molecule has 0 aromatic carbocycles. The van der Waals surface area contributed by atoms with Gasteiger partial charge in [0.2, 0.25) is 0 Å². The number of allylic oxidation sites excluding steroid dienone is 4. The topological polar surface area (TPSA) is 24.9 Å². The lowest BCUT2D eigenvalue weighted by Gasteiger charge is -2.11. The molecule has 0 unspecified atom stereocenters. The highest BCUT2D eigenvalue weighted by Crippen LogP contribution is 2.15. The molecule has 0 bridgehead atoms. The van der Waals surface area contributed by atoms with E-state index in [2.05, 4.69) is 28.5 Å². The number of nitrogens with zero attached hydrogens (tertiary/aromatic N) is 1. The summed E-state index contributed by atoms with van der Waals surface area (Å²) >= 11 is 0. The van der Waals surface area contributed by atoms with Crippen LogP contribution in [-0.2, 0) is 0 Å². The van der Waals surface area contributed by atoms with Crippen molar-refractivity contribution < 1.29 is 0 Å². The van der Waals surface area contributed by atoms with Gasteiger partial charge in [-0.05, 0) is 31.1 Å². The summed E-state index contributed by atoms with van der Waals surface area (Å²) < 4.78 is 0. The Bertz CT molecular complexity index is 325. The van der Waals surface area contributed by atoms with Gasteiger partial charge >= 0.3 is 0 Å². The Labute approximate surface area is 78.0 Å². The van der Waals surface area contributed by atoms with Gasteiger partial charge in [0.05, 0.1) is 0 Å². The van der Waals surface area contributed by atoms with Crippen molar-refractivity contribution in [2.24, 2.45) is 0 Å². The van der Waals surface area contributed by atoms with Crippen LogP contribution in [0, 0.1) is 0 Å². The maximum atomic E-state index is 3.97. The summed E-state index contributed by atoms with van der Waals surface area (Å²) in [6.07, 6.45) is 12.2. The maximum absolute atomic E-state index is 3.97. The summed E-state index contributed by atoms with van der Waals surface area (Å²) in [5.41, 5.74) is 2.38. The minimum Gasteiger partial charge on any atom is -0.359 e. The molecule has 0 saturated heterocycles. The first-order valence-electron chi connectivity index (χ1n) is 4.48. The van der Waals surface area contributed by atoms with E-state index >= 15 is 0 Å². The van der Waals surface area contributed by atoms with E-state index in [9.17, 15) is 0 Å². The Morgan fingerprint density at radius 2 is 2.08 bits per heavy atom. The molecule has 1 aliphatic carbocycles. The molecule has 0 aliphatic heterocycles. The van der Waals surface area contributed by atoms with Crippen molar-refractivity contribution in [3.63, 3.8) is 0 Å². The SMILES string of the molecule is C1=CCCC(Nc2ccncc2)=C1. The number of aromatic nitrogens is 1. The first-order valence-corrected chi connectivity index (χ1v) is 4.48. The van der Waals surface area contributed by atoms with E-state index in [1.807, 2.05) is 12.1 Å². The summed E-state index contributed by atoms with van der Waals surface area (Å²) in [6, 6.07) is 3.94. The van der Waals surface area contributed by atoms with Crippen LogP contribution in [0.2, 0.25) is 0 Å². The molecule has 2 rings (SSSR count). The zero-order chi connectivity index (χ0) is 8.93. The largest absolute Gasteiger partial charge is 0.359 e. The van der Waals surface area contributed by atoms with Crippen LogP contribution in [0.4, 0.5) is 5.69 Å². The van der Waals surface area contributed by atoms with E-state index in [1.165, 1.54) is 5.70 Å². The molecule has 2 nitrogen and oxygen atoms in total. The van der Waals surface area contributed by atoms with Crippen LogP contribution < -0.4 is 5.32 Å². The van der Waals surface area contributed by atoms with Crippen molar-refractivity contribution in [3.05, 3.63) is 48.5 Å². The summed E-state index contributed by atoms with van der Waals surface area (Å²) in [4.78, 5) is 3.97. The smallest absolute Gasteiger partial charge is 0.0412 e. The van der Waals surface area contributed by atoms with E-state index in [4.69, 9.17) is 0 Å². The predicted molar refractivity (Wildman–Crippen MR) is 54.3 cm³/mol. The van der Waals surface area contributed by atoms with Gasteiger partial charge in [-0.25, -0.2) is 0 Å². The fourth-order valence-corrected chi connectivity index (χ4v) is 1.33. The molecule has 0 fully saturated rings. The van der Waals surface area contributed by atoms with Crippen molar-refractivity contribution >= 4 is 5.69 Å². The minimum absolute atomic E-state index is 1.10. The Kier molecular flexibility index (Phi) is 2.41. The van der Waals surface area contributed by atoms with Crippen LogP contribution in [0.5, 0.6) is 0 Å². The first-order chi connectivity index (χ1) is 6.45. The fourth-order valence-electron chi connectivity index (χ4n) is 1.33. The molecule has 1 N–H and O–H groups in total. The molecular formula is C11H12N2. The minimum atomic E-state index is 1.10. The lowest BCUT2D eigenvalue weighted by atomic mass is 10.1. The van der Waals surface area contributed by atoms with Gasteiger partial charge < -0.3 is 5.32 Å². The summed E-state index contributed by atoms with van der Waals surface area (Å²) in [7, 11) is 0. The number of pyridine rings is 1. The van der Waals surface area contributed by atoms with Crippen LogP contribution in [0.1, 0.15) is 12.8 Å². The van der Waals surface area contributed by atoms with Crippen LogP contribution in [0.3, 0.4) is 0 Å². The van der Waals surface area contributed by atoms with Gasteiger partial charge in [0, 0.05) is 23.8 Å². The lowest BCUT2D eigenvalue weighted by molar-refractivity contribution is 0.966. The Hall–Kier alpha value is -1.57. The van der Waals surface area contributed by atoms with Crippen molar-refractivity contribution in [2.45, 2.75) is 12.8 Å². The van der Waals surface area contributed by atoms with Crippen molar-refractivity contribution in [1.82, 2.24) is 4.98 Å². The Balaban J connectivity index is 2.06. The molecule has 0 saturated carbocycles. The molecule has 0 atom stereocenters. The first kappa shape index (κ1) is 8.05. The fraction of sp³-hybridized carbons (Fsp3) is 0.182. The molecule has 13 heavy (non-hydrogen) atoms. The van der Waals surface area contributed by atoms with E-state index in [0.29, 0.717) is 0 Å². The van der Waals surface area contributed by atoms with Crippen LogP contribution in [-0.4, -0.2) is 4.98 Å². The second-order valence-electron chi connectivity index (χ2n) is 3.02. The second-order valence-corrected chi connectivity index (χ2v) is 3.02. The summed E-state index contributed by atoms with van der Waals surface area (Å²) in [5, 5.41) is 3.35. The molecule has 0 radical (unpaired) electrons. The van der Waals surface area contributed by atoms with E-state index in [-0.39, 0.29) is 0 Å². The molecule has 1 aromatic rings. The number of rotatable bonds is 2. The molecule has 0 spiro atoms. The van der Waals surface area contributed by atoms with Gasteiger partial charge in [0.1, 0.15) is 0 Å². The average Bonchev–Trinajstić information content (AvgIpc) is 2.21. The molecular weight excluding hydrogens is 160 g/mol. The van der Waals surface area contributed by atoms with Crippen molar-refractivity contribution in [3.8, 4) is 0 Å². The van der Waals surface area contributed by atoms with Crippen LogP contribution in [0.25, 0.3) is 0 Å². The Morgan fingerprint density at radius 1 is 1.23 bits per heavy atom. The average molecular weight is 172 g/mol.